The summed E-state index contributed by atoms with van der Waals surface area (Å²) in [7, 11) is 1.98. The van der Waals surface area contributed by atoms with Crippen LogP contribution in [0.25, 0.3) is 17.1 Å². The number of hydroxylamine groups is 1. The lowest BCUT2D eigenvalue weighted by atomic mass is 9.93. The van der Waals surface area contributed by atoms with E-state index in [1.54, 1.807) is 11.6 Å². The lowest BCUT2D eigenvalue weighted by Crippen LogP contribution is -2.31. The first-order valence-electron chi connectivity index (χ1n) is 10.2. The van der Waals surface area contributed by atoms with Crippen LogP contribution >= 0.6 is 0 Å². The Labute approximate surface area is 177 Å². The minimum absolute atomic E-state index is 0.0711. The van der Waals surface area contributed by atoms with Gasteiger partial charge < -0.3 is 9.88 Å². The van der Waals surface area contributed by atoms with Crippen LogP contribution in [0.3, 0.4) is 0 Å². The first kappa shape index (κ1) is 21.7. The lowest BCUT2D eigenvalue weighted by molar-refractivity contribution is -0.124. The summed E-state index contributed by atoms with van der Waals surface area (Å²) in [5.41, 5.74) is 5.83. The Morgan fingerprint density at radius 2 is 1.93 bits per heavy atom. The number of nitrogens with one attached hydrogen (secondary N) is 2. The van der Waals surface area contributed by atoms with Crippen molar-refractivity contribution in [3.63, 3.8) is 0 Å². The minimum Gasteiger partial charge on any atom is -0.327 e. The molecule has 1 heterocycles. The molecule has 0 bridgehead atoms. The fourth-order valence-electron chi connectivity index (χ4n) is 3.74. The highest BCUT2D eigenvalue weighted by molar-refractivity contribution is 5.91. The number of aromatic nitrogens is 2. The van der Waals surface area contributed by atoms with Gasteiger partial charge in [-0.2, -0.15) is 0 Å². The van der Waals surface area contributed by atoms with Crippen molar-refractivity contribution in [2.24, 2.45) is 5.41 Å². The van der Waals surface area contributed by atoms with Crippen molar-refractivity contribution in [2.75, 3.05) is 13.6 Å². The third kappa shape index (κ3) is 5.55. The zero-order chi connectivity index (χ0) is 21.6. The molecular formula is C24H30N4O2. The van der Waals surface area contributed by atoms with Crippen molar-refractivity contribution in [1.29, 1.82) is 0 Å². The van der Waals surface area contributed by atoms with Crippen LogP contribution in [0.2, 0.25) is 0 Å². The third-order valence-electron chi connectivity index (χ3n) is 5.11. The van der Waals surface area contributed by atoms with E-state index in [-0.39, 0.29) is 5.41 Å². The molecule has 0 saturated carbocycles. The van der Waals surface area contributed by atoms with Crippen LogP contribution in [0, 0.1) is 5.41 Å². The Morgan fingerprint density at radius 1 is 1.17 bits per heavy atom. The molecule has 0 radical (unpaired) electrons. The Morgan fingerprint density at radius 3 is 2.63 bits per heavy atom. The highest BCUT2D eigenvalue weighted by Gasteiger charge is 2.21. The molecule has 0 aliphatic rings. The van der Waals surface area contributed by atoms with Crippen molar-refractivity contribution < 1.29 is 10.0 Å². The monoisotopic (exact) mass is 406 g/mol. The van der Waals surface area contributed by atoms with Crippen molar-refractivity contribution in [3.8, 4) is 0 Å². The summed E-state index contributed by atoms with van der Waals surface area (Å²) in [6.45, 7) is 6.26. The number of fused-ring (bicyclic) bond motifs is 1. The molecule has 3 rings (SSSR count). The zero-order valence-electron chi connectivity index (χ0n) is 17.9. The Hall–Kier alpha value is -2.96. The first-order valence-corrected chi connectivity index (χ1v) is 10.2. The van der Waals surface area contributed by atoms with Crippen LogP contribution in [-0.4, -0.2) is 34.3 Å². The average Bonchev–Trinajstić information content (AvgIpc) is 3.07. The van der Waals surface area contributed by atoms with Gasteiger partial charge in [0.15, 0.2) is 0 Å². The normalized spacial score (nSPS) is 12.0. The van der Waals surface area contributed by atoms with Crippen LogP contribution in [0.5, 0.6) is 0 Å². The molecule has 0 unspecified atom stereocenters. The van der Waals surface area contributed by atoms with Crippen molar-refractivity contribution >= 4 is 23.0 Å². The molecule has 6 nitrogen and oxygen atoms in total. The molecule has 3 aromatic rings. The molecular weight excluding hydrogens is 376 g/mol. The molecule has 3 N–H and O–H groups in total. The van der Waals surface area contributed by atoms with E-state index in [0.29, 0.717) is 0 Å². The quantitative estimate of drug-likeness (QED) is 0.288. The molecule has 1 aromatic heterocycles. The van der Waals surface area contributed by atoms with Gasteiger partial charge in [-0.1, -0.05) is 50.2 Å². The van der Waals surface area contributed by atoms with E-state index in [0.717, 1.165) is 48.4 Å². The Kier molecular flexibility index (Phi) is 7.03. The van der Waals surface area contributed by atoms with Gasteiger partial charge in [-0.15, -0.1) is 0 Å². The molecule has 0 atom stereocenters. The zero-order valence-corrected chi connectivity index (χ0v) is 17.9. The topological polar surface area (TPSA) is 79.2 Å². The maximum Gasteiger partial charge on any atom is 0.267 e. The highest BCUT2D eigenvalue weighted by atomic mass is 16.5. The molecule has 0 aliphatic carbocycles. The number of amides is 1. The van der Waals surface area contributed by atoms with Crippen LogP contribution in [0.1, 0.15) is 30.8 Å². The number of hydrogen-bond acceptors (Lipinski definition) is 4. The maximum atomic E-state index is 11.3. The molecule has 0 spiro atoms. The molecule has 30 heavy (non-hydrogen) atoms. The molecule has 0 aliphatic heterocycles. The van der Waals surface area contributed by atoms with Gasteiger partial charge in [-0.3, -0.25) is 10.0 Å². The van der Waals surface area contributed by atoms with Gasteiger partial charge in [0, 0.05) is 25.6 Å². The second-order valence-electron chi connectivity index (χ2n) is 8.35. The summed E-state index contributed by atoms with van der Waals surface area (Å²) in [4.78, 5) is 16.2. The Bertz CT molecular complexity index is 1020. The van der Waals surface area contributed by atoms with Crippen molar-refractivity contribution in [1.82, 2.24) is 20.3 Å². The van der Waals surface area contributed by atoms with E-state index in [1.807, 2.05) is 25.2 Å². The number of carbonyl (C=O) groups excluding carboxylic acids is 1. The van der Waals surface area contributed by atoms with E-state index < -0.39 is 5.91 Å². The van der Waals surface area contributed by atoms with Gasteiger partial charge in [0.25, 0.3) is 5.91 Å². The minimum atomic E-state index is -0.557. The number of benzene rings is 2. The molecule has 1 amide bonds. The second kappa shape index (κ2) is 9.69. The summed E-state index contributed by atoms with van der Waals surface area (Å²) < 4.78 is 2.32. The summed E-state index contributed by atoms with van der Waals surface area (Å²) in [6.07, 6.45) is 4.75. The molecule has 0 fully saturated rings. The standard InChI is InChI=1S/C24H30N4O2/c1-24(2,16-25-3)17-28-21-12-9-19(11-14-23(29)27-30)15-20(21)26-22(28)13-10-18-7-5-4-6-8-18/h4-9,11-12,14-15,25,30H,10,13,16-17H2,1-3H3,(H,27,29)/b14-11+. The number of imidazole rings is 1. The SMILES string of the molecule is CNCC(C)(C)Cn1c(CCc2ccccc2)nc2cc(/C=C/C(=O)NO)ccc21. The number of carbonyl (C=O) groups is 1. The predicted octanol–water partition coefficient (Wildman–Crippen LogP) is 3.59. The molecule has 0 saturated heterocycles. The highest BCUT2D eigenvalue weighted by Crippen LogP contribution is 2.25. The largest absolute Gasteiger partial charge is 0.327 e. The van der Waals surface area contributed by atoms with Gasteiger partial charge >= 0.3 is 0 Å². The predicted molar refractivity (Wildman–Crippen MR) is 120 cm³/mol. The van der Waals surface area contributed by atoms with Crippen LogP contribution in [0.4, 0.5) is 0 Å². The Balaban J connectivity index is 1.95. The maximum absolute atomic E-state index is 11.3. The summed E-state index contributed by atoms with van der Waals surface area (Å²) in [6, 6.07) is 16.5. The first-order chi connectivity index (χ1) is 14.4. The number of hydrogen-bond donors (Lipinski definition) is 3. The smallest absolute Gasteiger partial charge is 0.267 e. The fraction of sp³-hybridized carbons (Fsp3) is 0.333. The van der Waals surface area contributed by atoms with Crippen LogP contribution in [0.15, 0.2) is 54.6 Å². The van der Waals surface area contributed by atoms with Gasteiger partial charge in [-0.05, 0) is 48.2 Å². The van der Waals surface area contributed by atoms with Crippen molar-refractivity contribution in [2.45, 2.75) is 33.2 Å². The van der Waals surface area contributed by atoms with E-state index in [9.17, 15) is 4.79 Å². The third-order valence-corrected chi connectivity index (χ3v) is 5.11. The van der Waals surface area contributed by atoms with Gasteiger partial charge in [0.05, 0.1) is 11.0 Å². The molecule has 6 heteroatoms. The number of nitrogens with zero attached hydrogens (tertiary/aromatic N) is 2. The summed E-state index contributed by atoms with van der Waals surface area (Å²) in [5.74, 6) is 0.505. The average molecular weight is 407 g/mol. The van der Waals surface area contributed by atoms with Gasteiger partial charge in [0.2, 0.25) is 0 Å². The van der Waals surface area contributed by atoms with Gasteiger partial charge in [0.1, 0.15) is 5.82 Å². The number of rotatable bonds is 9. The van der Waals surface area contributed by atoms with E-state index in [2.05, 4.69) is 54.1 Å². The summed E-state index contributed by atoms with van der Waals surface area (Å²) >= 11 is 0. The molecule has 2 aromatic carbocycles. The molecule has 158 valence electrons. The van der Waals surface area contributed by atoms with E-state index in [4.69, 9.17) is 10.2 Å². The summed E-state index contributed by atoms with van der Waals surface area (Å²) in [5, 5.41) is 11.9. The second-order valence-corrected chi connectivity index (χ2v) is 8.35. The van der Waals surface area contributed by atoms with Crippen molar-refractivity contribution in [3.05, 3.63) is 71.6 Å². The fourth-order valence-corrected chi connectivity index (χ4v) is 3.74. The van der Waals surface area contributed by atoms with E-state index >= 15 is 0 Å². The number of aryl methyl sites for hydroxylation is 2. The van der Waals surface area contributed by atoms with Crippen LogP contribution < -0.4 is 10.8 Å². The lowest BCUT2D eigenvalue weighted by Gasteiger charge is -2.26. The van der Waals surface area contributed by atoms with Gasteiger partial charge in [-0.25, -0.2) is 10.5 Å². The van der Waals surface area contributed by atoms with E-state index in [1.165, 1.54) is 11.6 Å². The van der Waals surface area contributed by atoms with Crippen LogP contribution in [-0.2, 0) is 24.2 Å².